The SMILES string of the molecule is Nc1ncc2ccc(Cl)cc2c1C#Cc1ccc(C(=O)CCCCN2CCOCC2)cc1. The van der Waals surface area contributed by atoms with E-state index in [0.29, 0.717) is 22.8 Å². The molecule has 4 rings (SSSR count). The van der Waals surface area contributed by atoms with Gasteiger partial charge in [-0.3, -0.25) is 9.69 Å². The van der Waals surface area contributed by atoms with Gasteiger partial charge in [-0.15, -0.1) is 0 Å². The highest BCUT2D eigenvalue weighted by Crippen LogP contribution is 2.25. The number of halogens is 1. The standard InChI is InChI=1S/C26H26ClN3O2/c27-22-10-9-21-18-29-26(28)23(24(21)17-22)11-6-19-4-7-20(8-5-19)25(31)3-1-2-12-30-13-15-32-16-14-30/h4-5,7-10,17-18H,1-3,12-16H2,(H2,28,29). The van der Waals surface area contributed by atoms with E-state index in [1.807, 2.05) is 42.5 Å². The van der Waals surface area contributed by atoms with Crippen LogP contribution in [-0.2, 0) is 4.74 Å². The second-order valence-corrected chi connectivity index (χ2v) is 8.35. The third kappa shape index (κ3) is 5.66. The fourth-order valence-corrected chi connectivity index (χ4v) is 3.97. The lowest BCUT2D eigenvalue weighted by Crippen LogP contribution is -2.36. The molecule has 0 spiro atoms. The molecule has 1 aromatic heterocycles. The Morgan fingerprint density at radius 3 is 2.66 bits per heavy atom. The predicted molar refractivity (Wildman–Crippen MR) is 129 cm³/mol. The van der Waals surface area contributed by atoms with Crippen LogP contribution in [-0.4, -0.2) is 48.5 Å². The van der Waals surface area contributed by atoms with E-state index in [9.17, 15) is 4.79 Å². The van der Waals surface area contributed by atoms with E-state index >= 15 is 0 Å². The minimum atomic E-state index is 0.170. The van der Waals surface area contributed by atoms with Crippen molar-refractivity contribution >= 4 is 34.0 Å². The lowest BCUT2D eigenvalue weighted by molar-refractivity contribution is 0.0371. The van der Waals surface area contributed by atoms with Gasteiger partial charge in [0.2, 0.25) is 0 Å². The Morgan fingerprint density at radius 1 is 1.09 bits per heavy atom. The van der Waals surface area contributed by atoms with Crippen LogP contribution in [0.4, 0.5) is 5.82 Å². The second-order valence-electron chi connectivity index (χ2n) is 7.91. The highest BCUT2D eigenvalue weighted by Gasteiger charge is 2.11. The van der Waals surface area contributed by atoms with Gasteiger partial charge in [-0.05, 0) is 43.7 Å². The van der Waals surface area contributed by atoms with E-state index in [1.54, 1.807) is 6.20 Å². The van der Waals surface area contributed by atoms with Gasteiger partial charge in [0.15, 0.2) is 5.78 Å². The Kier molecular flexibility index (Phi) is 7.39. The van der Waals surface area contributed by atoms with Crippen LogP contribution in [0.15, 0.2) is 48.7 Å². The third-order valence-corrected chi connectivity index (χ3v) is 5.89. The van der Waals surface area contributed by atoms with Gasteiger partial charge in [-0.2, -0.15) is 0 Å². The molecule has 5 nitrogen and oxygen atoms in total. The quantitative estimate of drug-likeness (QED) is 0.341. The Labute approximate surface area is 193 Å². The molecule has 6 heteroatoms. The molecule has 0 radical (unpaired) electrons. The summed E-state index contributed by atoms with van der Waals surface area (Å²) in [7, 11) is 0. The zero-order valence-corrected chi connectivity index (χ0v) is 18.7. The number of nitrogen functional groups attached to an aromatic ring is 1. The van der Waals surface area contributed by atoms with Crippen LogP contribution in [0.2, 0.25) is 5.02 Å². The Morgan fingerprint density at radius 2 is 1.88 bits per heavy atom. The Hall–Kier alpha value is -2.91. The molecule has 32 heavy (non-hydrogen) atoms. The molecule has 0 aliphatic carbocycles. The topological polar surface area (TPSA) is 68.5 Å². The lowest BCUT2D eigenvalue weighted by Gasteiger charge is -2.26. The average Bonchev–Trinajstić information content (AvgIpc) is 2.82. The molecule has 0 bridgehead atoms. The maximum absolute atomic E-state index is 12.5. The molecule has 1 saturated heterocycles. The normalized spacial score (nSPS) is 14.2. The Balaban J connectivity index is 1.37. The molecule has 2 aromatic carbocycles. The molecule has 2 N–H and O–H groups in total. The summed E-state index contributed by atoms with van der Waals surface area (Å²) in [5.74, 6) is 6.80. The summed E-state index contributed by atoms with van der Waals surface area (Å²) in [5, 5.41) is 2.43. The maximum atomic E-state index is 12.5. The number of aromatic nitrogens is 1. The first-order valence-corrected chi connectivity index (χ1v) is 11.3. The molecule has 164 valence electrons. The molecule has 2 heterocycles. The van der Waals surface area contributed by atoms with E-state index in [1.165, 1.54) is 0 Å². The van der Waals surface area contributed by atoms with Crippen molar-refractivity contribution in [1.82, 2.24) is 9.88 Å². The van der Waals surface area contributed by atoms with Gasteiger partial charge >= 0.3 is 0 Å². The number of rotatable bonds is 6. The van der Waals surface area contributed by atoms with Crippen molar-refractivity contribution in [2.45, 2.75) is 19.3 Å². The van der Waals surface area contributed by atoms with Crippen molar-refractivity contribution in [1.29, 1.82) is 0 Å². The number of pyridine rings is 1. The van der Waals surface area contributed by atoms with Crippen molar-refractivity contribution < 1.29 is 9.53 Å². The van der Waals surface area contributed by atoms with Crippen LogP contribution in [0.25, 0.3) is 10.8 Å². The highest BCUT2D eigenvalue weighted by atomic mass is 35.5. The molecule has 1 aliphatic rings. The molecular weight excluding hydrogens is 422 g/mol. The first-order chi connectivity index (χ1) is 15.6. The number of carbonyl (C=O) groups is 1. The van der Waals surface area contributed by atoms with Crippen molar-refractivity contribution in [3.05, 3.63) is 70.4 Å². The number of unbranched alkanes of at least 4 members (excludes halogenated alkanes) is 1. The zero-order chi connectivity index (χ0) is 22.3. The maximum Gasteiger partial charge on any atom is 0.162 e. The molecule has 0 atom stereocenters. The number of morpholine rings is 1. The number of benzene rings is 2. The minimum absolute atomic E-state index is 0.170. The molecule has 0 saturated carbocycles. The number of nitrogens with zero attached hydrogens (tertiary/aromatic N) is 2. The van der Waals surface area contributed by atoms with Gasteiger partial charge in [0.1, 0.15) is 5.82 Å². The summed E-state index contributed by atoms with van der Waals surface area (Å²) >= 11 is 6.14. The van der Waals surface area contributed by atoms with Crippen LogP contribution in [0.1, 0.15) is 40.7 Å². The minimum Gasteiger partial charge on any atom is -0.383 e. The molecule has 0 amide bonds. The number of hydrogen-bond acceptors (Lipinski definition) is 5. The van der Waals surface area contributed by atoms with Crippen molar-refractivity contribution in [3.63, 3.8) is 0 Å². The molecule has 3 aromatic rings. The van der Waals surface area contributed by atoms with Gasteiger partial charge in [0.25, 0.3) is 0 Å². The summed E-state index contributed by atoms with van der Waals surface area (Å²) in [4.78, 5) is 19.1. The lowest BCUT2D eigenvalue weighted by atomic mass is 10.0. The number of ketones is 1. The molecule has 0 unspecified atom stereocenters. The second kappa shape index (κ2) is 10.6. The summed E-state index contributed by atoms with van der Waals surface area (Å²) in [6.07, 6.45) is 4.20. The molecular formula is C26H26ClN3O2. The van der Waals surface area contributed by atoms with Crippen molar-refractivity contribution in [2.24, 2.45) is 0 Å². The van der Waals surface area contributed by atoms with Crippen LogP contribution in [0, 0.1) is 11.8 Å². The fraction of sp³-hybridized carbons (Fsp3) is 0.308. The van der Waals surface area contributed by atoms with E-state index < -0.39 is 0 Å². The zero-order valence-electron chi connectivity index (χ0n) is 17.9. The van der Waals surface area contributed by atoms with E-state index in [-0.39, 0.29) is 5.78 Å². The first-order valence-electron chi connectivity index (χ1n) is 10.9. The summed E-state index contributed by atoms with van der Waals surface area (Å²) < 4.78 is 5.36. The number of anilines is 1. The number of nitrogens with two attached hydrogens (primary N) is 1. The van der Waals surface area contributed by atoms with Crippen LogP contribution >= 0.6 is 11.6 Å². The molecule has 1 aliphatic heterocycles. The summed E-state index contributed by atoms with van der Waals surface area (Å²) in [6, 6.07) is 13.0. The van der Waals surface area contributed by atoms with E-state index in [0.717, 1.165) is 67.6 Å². The van der Waals surface area contributed by atoms with Gasteiger partial charge < -0.3 is 10.5 Å². The summed E-state index contributed by atoms with van der Waals surface area (Å²) in [6.45, 7) is 4.63. The highest BCUT2D eigenvalue weighted by molar-refractivity contribution is 6.31. The van der Waals surface area contributed by atoms with Crippen molar-refractivity contribution in [3.8, 4) is 11.8 Å². The van der Waals surface area contributed by atoms with E-state index in [2.05, 4.69) is 21.7 Å². The van der Waals surface area contributed by atoms with Gasteiger partial charge in [-0.25, -0.2) is 4.98 Å². The van der Waals surface area contributed by atoms with Crippen LogP contribution in [0.5, 0.6) is 0 Å². The smallest absolute Gasteiger partial charge is 0.162 e. The largest absolute Gasteiger partial charge is 0.383 e. The Bertz CT molecular complexity index is 1150. The fourth-order valence-electron chi connectivity index (χ4n) is 3.79. The molecule has 1 fully saturated rings. The predicted octanol–water partition coefficient (Wildman–Crippen LogP) is 4.56. The number of carbonyl (C=O) groups excluding carboxylic acids is 1. The monoisotopic (exact) mass is 447 g/mol. The average molecular weight is 448 g/mol. The van der Waals surface area contributed by atoms with Crippen molar-refractivity contribution in [2.75, 3.05) is 38.6 Å². The number of ether oxygens (including phenoxy) is 1. The summed E-state index contributed by atoms with van der Waals surface area (Å²) in [5.41, 5.74) is 8.25. The van der Waals surface area contributed by atoms with Gasteiger partial charge in [0, 0.05) is 52.6 Å². The third-order valence-electron chi connectivity index (χ3n) is 5.65. The van der Waals surface area contributed by atoms with Gasteiger partial charge in [-0.1, -0.05) is 41.6 Å². The van der Waals surface area contributed by atoms with E-state index in [4.69, 9.17) is 22.1 Å². The van der Waals surface area contributed by atoms with Crippen LogP contribution in [0.3, 0.4) is 0 Å². The van der Waals surface area contributed by atoms with Crippen LogP contribution < -0.4 is 5.73 Å². The first kappa shape index (κ1) is 22.3. The van der Waals surface area contributed by atoms with Gasteiger partial charge in [0.05, 0.1) is 18.8 Å². The number of fused-ring (bicyclic) bond motifs is 1. The number of Topliss-reactive ketones (excluding diaryl/α,β-unsaturated/α-hetero) is 1. The number of hydrogen-bond donors (Lipinski definition) is 1.